The van der Waals surface area contributed by atoms with Crippen molar-refractivity contribution in [3.05, 3.63) is 0 Å². The third-order valence-corrected chi connectivity index (χ3v) is 3.88. The largest absolute Gasteiger partial charge is 0.391 e. The van der Waals surface area contributed by atoms with Crippen LogP contribution >= 0.6 is 0 Å². The SMILES string of the molecule is CC(C)(CNC(=O)[C@@H]1CCC[C@H](C(F)(F)F)C1)C(N)=O. The fourth-order valence-electron chi connectivity index (χ4n) is 2.26. The molecule has 20 heavy (non-hydrogen) atoms. The molecule has 0 unspecified atom stereocenters. The van der Waals surface area contributed by atoms with Crippen molar-refractivity contribution in [2.75, 3.05) is 6.54 Å². The molecule has 0 radical (unpaired) electrons. The predicted molar refractivity (Wildman–Crippen MR) is 67.5 cm³/mol. The maximum atomic E-state index is 12.7. The van der Waals surface area contributed by atoms with Crippen LogP contribution in [0.15, 0.2) is 0 Å². The molecular formula is C13H21F3N2O2. The second-order valence-electron chi connectivity index (χ2n) is 6.07. The number of carbonyl (C=O) groups is 2. The van der Waals surface area contributed by atoms with E-state index in [1.54, 1.807) is 13.8 Å². The number of primary amides is 1. The highest BCUT2D eigenvalue weighted by atomic mass is 19.4. The molecule has 116 valence electrons. The molecule has 3 N–H and O–H groups in total. The lowest BCUT2D eigenvalue weighted by atomic mass is 9.80. The zero-order valence-electron chi connectivity index (χ0n) is 11.7. The number of alkyl halides is 3. The van der Waals surface area contributed by atoms with E-state index >= 15 is 0 Å². The summed E-state index contributed by atoms with van der Waals surface area (Å²) in [5, 5.41) is 2.54. The van der Waals surface area contributed by atoms with Crippen LogP contribution in [-0.4, -0.2) is 24.5 Å². The number of rotatable bonds is 4. The van der Waals surface area contributed by atoms with Gasteiger partial charge in [-0.3, -0.25) is 9.59 Å². The van der Waals surface area contributed by atoms with Crippen molar-refractivity contribution in [2.45, 2.75) is 45.7 Å². The Labute approximate surface area is 116 Å². The molecule has 1 fully saturated rings. The molecule has 2 amide bonds. The first kappa shape index (κ1) is 16.8. The summed E-state index contributed by atoms with van der Waals surface area (Å²) in [5.74, 6) is -3.03. The quantitative estimate of drug-likeness (QED) is 0.832. The van der Waals surface area contributed by atoms with Gasteiger partial charge in [0, 0.05) is 12.5 Å². The van der Waals surface area contributed by atoms with Crippen molar-refractivity contribution in [2.24, 2.45) is 23.0 Å². The number of amides is 2. The Hall–Kier alpha value is -1.27. The van der Waals surface area contributed by atoms with E-state index in [2.05, 4.69) is 5.32 Å². The Bertz CT molecular complexity index is 380. The third kappa shape index (κ3) is 4.38. The maximum Gasteiger partial charge on any atom is 0.391 e. The molecule has 4 nitrogen and oxygen atoms in total. The summed E-state index contributed by atoms with van der Waals surface area (Å²) in [6.07, 6.45) is -3.49. The van der Waals surface area contributed by atoms with E-state index in [-0.39, 0.29) is 19.4 Å². The molecule has 1 rings (SSSR count). The van der Waals surface area contributed by atoms with Gasteiger partial charge in [-0.25, -0.2) is 0 Å². The van der Waals surface area contributed by atoms with Crippen LogP contribution in [0.4, 0.5) is 13.2 Å². The van der Waals surface area contributed by atoms with Crippen LogP contribution in [0.1, 0.15) is 39.5 Å². The summed E-state index contributed by atoms with van der Waals surface area (Å²) in [5.41, 5.74) is 4.27. The van der Waals surface area contributed by atoms with Crippen molar-refractivity contribution in [3.63, 3.8) is 0 Å². The van der Waals surface area contributed by atoms with Gasteiger partial charge in [0.15, 0.2) is 0 Å². The van der Waals surface area contributed by atoms with E-state index in [0.29, 0.717) is 12.8 Å². The van der Waals surface area contributed by atoms with Gasteiger partial charge in [0.1, 0.15) is 0 Å². The minimum absolute atomic E-state index is 0.0361. The molecule has 0 saturated heterocycles. The van der Waals surface area contributed by atoms with Crippen molar-refractivity contribution < 1.29 is 22.8 Å². The van der Waals surface area contributed by atoms with Crippen LogP contribution in [0, 0.1) is 17.3 Å². The van der Waals surface area contributed by atoms with E-state index < -0.39 is 35.2 Å². The first-order valence-corrected chi connectivity index (χ1v) is 6.68. The Morgan fingerprint density at radius 2 is 1.85 bits per heavy atom. The van der Waals surface area contributed by atoms with Crippen molar-refractivity contribution in [1.82, 2.24) is 5.32 Å². The van der Waals surface area contributed by atoms with E-state index in [9.17, 15) is 22.8 Å². The first-order chi connectivity index (χ1) is 9.04. The van der Waals surface area contributed by atoms with Crippen LogP contribution in [-0.2, 0) is 9.59 Å². The average molecular weight is 294 g/mol. The van der Waals surface area contributed by atoms with Crippen molar-refractivity contribution in [3.8, 4) is 0 Å². The second kappa shape index (κ2) is 6.01. The molecule has 2 atom stereocenters. The van der Waals surface area contributed by atoms with Crippen LogP contribution in [0.25, 0.3) is 0 Å². The van der Waals surface area contributed by atoms with E-state index in [4.69, 9.17) is 5.73 Å². The zero-order valence-corrected chi connectivity index (χ0v) is 11.7. The van der Waals surface area contributed by atoms with Crippen LogP contribution < -0.4 is 11.1 Å². The smallest absolute Gasteiger partial charge is 0.369 e. The third-order valence-electron chi connectivity index (χ3n) is 3.88. The monoisotopic (exact) mass is 294 g/mol. The summed E-state index contributed by atoms with van der Waals surface area (Å²) < 4.78 is 38.0. The highest BCUT2D eigenvalue weighted by Crippen LogP contribution is 2.39. The van der Waals surface area contributed by atoms with Gasteiger partial charge in [-0.1, -0.05) is 6.42 Å². The molecule has 0 heterocycles. The van der Waals surface area contributed by atoms with Crippen molar-refractivity contribution >= 4 is 11.8 Å². The van der Waals surface area contributed by atoms with Crippen LogP contribution in [0.2, 0.25) is 0 Å². The highest BCUT2D eigenvalue weighted by Gasteiger charge is 2.43. The summed E-state index contributed by atoms with van der Waals surface area (Å²) in [6, 6.07) is 0. The molecule has 0 aromatic heterocycles. The molecule has 0 aromatic rings. The molecule has 0 spiro atoms. The van der Waals surface area contributed by atoms with Gasteiger partial charge in [-0.15, -0.1) is 0 Å². The summed E-state index contributed by atoms with van der Waals surface area (Å²) >= 11 is 0. The standard InChI is InChI=1S/C13H21F3N2O2/c1-12(2,11(17)20)7-18-10(19)8-4-3-5-9(6-8)13(14,15)16/h8-9H,3-7H2,1-2H3,(H2,17,20)(H,18,19)/t8-,9+/m1/s1. The second-order valence-corrected chi connectivity index (χ2v) is 6.07. The molecular weight excluding hydrogens is 273 g/mol. The molecule has 1 saturated carbocycles. The Balaban J connectivity index is 2.54. The van der Waals surface area contributed by atoms with E-state index in [1.807, 2.05) is 0 Å². The fourth-order valence-corrected chi connectivity index (χ4v) is 2.26. The zero-order chi connectivity index (χ0) is 15.6. The lowest BCUT2D eigenvalue weighted by Crippen LogP contribution is -2.45. The highest BCUT2D eigenvalue weighted by molar-refractivity contribution is 5.82. The molecule has 1 aliphatic rings. The minimum atomic E-state index is -4.24. The molecule has 1 aliphatic carbocycles. The van der Waals surface area contributed by atoms with Gasteiger partial charge < -0.3 is 11.1 Å². The Morgan fingerprint density at radius 3 is 2.35 bits per heavy atom. The molecule has 0 aromatic carbocycles. The maximum absolute atomic E-state index is 12.7. The van der Waals surface area contributed by atoms with Crippen LogP contribution in [0.3, 0.4) is 0 Å². The number of nitrogens with two attached hydrogens (primary N) is 1. The van der Waals surface area contributed by atoms with E-state index in [0.717, 1.165) is 0 Å². The van der Waals surface area contributed by atoms with Gasteiger partial charge >= 0.3 is 6.18 Å². The summed E-state index contributed by atoms with van der Waals surface area (Å²) in [4.78, 5) is 23.0. The lowest BCUT2D eigenvalue weighted by Gasteiger charge is -2.30. The average Bonchev–Trinajstić information content (AvgIpc) is 2.35. The predicted octanol–water partition coefficient (Wildman–Crippen LogP) is 1.98. The normalized spacial score (nSPS) is 24.2. The Morgan fingerprint density at radius 1 is 1.25 bits per heavy atom. The molecule has 0 bridgehead atoms. The number of carbonyl (C=O) groups excluding carboxylic acids is 2. The minimum Gasteiger partial charge on any atom is -0.369 e. The van der Waals surface area contributed by atoms with Gasteiger partial charge in [0.25, 0.3) is 0 Å². The first-order valence-electron chi connectivity index (χ1n) is 6.68. The number of hydrogen-bond donors (Lipinski definition) is 2. The van der Waals surface area contributed by atoms with Crippen LogP contribution in [0.5, 0.6) is 0 Å². The molecule has 0 aliphatic heterocycles. The Kier molecular flexibility index (Phi) is 5.05. The summed E-state index contributed by atoms with van der Waals surface area (Å²) in [6.45, 7) is 3.19. The van der Waals surface area contributed by atoms with Crippen molar-refractivity contribution in [1.29, 1.82) is 0 Å². The number of halogens is 3. The van der Waals surface area contributed by atoms with Gasteiger partial charge in [0.05, 0.1) is 11.3 Å². The topological polar surface area (TPSA) is 72.2 Å². The van der Waals surface area contributed by atoms with Gasteiger partial charge in [-0.05, 0) is 33.1 Å². The van der Waals surface area contributed by atoms with Gasteiger partial charge in [-0.2, -0.15) is 13.2 Å². The number of nitrogens with one attached hydrogen (secondary N) is 1. The van der Waals surface area contributed by atoms with E-state index in [1.165, 1.54) is 0 Å². The molecule has 7 heteroatoms. The fraction of sp³-hybridized carbons (Fsp3) is 0.846. The lowest BCUT2D eigenvalue weighted by molar-refractivity contribution is -0.186. The van der Waals surface area contributed by atoms with Gasteiger partial charge in [0.2, 0.25) is 11.8 Å². The summed E-state index contributed by atoms with van der Waals surface area (Å²) in [7, 11) is 0. The number of hydrogen-bond acceptors (Lipinski definition) is 2.